The van der Waals surface area contributed by atoms with Crippen molar-refractivity contribution in [2.45, 2.75) is 64.4 Å². The van der Waals surface area contributed by atoms with E-state index in [1.807, 2.05) is 26.8 Å². The van der Waals surface area contributed by atoms with Gasteiger partial charge in [0.15, 0.2) is 5.75 Å². The van der Waals surface area contributed by atoms with Crippen LogP contribution in [0.3, 0.4) is 0 Å². The maximum absolute atomic E-state index is 13.2. The van der Waals surface area contributed by atoms with E-state index >= 15 is 0 Å². The molecule has 1 fully saturated rings. The van der Waals surface area contributed by atoms with Crippen molar-refractivity contribution in [3.63, 3.8) is 0 Å². The third kappa shape index (κ3) is 4.85. The Morgan fingerprint density at radius 2 is 1.89 bits per heavy atom. The summed E-state index contributed by atoms with van der Waals surface area (Å²) in [5, 5.41) is 0. The second kappa shape index (κ2) is 9.85. The number of benzene rings is 2. The minimum Gasteiger partial charge on any atom is -0.469 e. The molecule has 0 saturated heterocycles. The van der Waals surface area contributed by atoms with Crippen molar-refractivity contribution in [3.8, 4) is 5.75 Å². The zero-order valence-corrected chi connectivity index (χ0v) is 21.3. The zero-order valence-electron chi connectivity index (χ0n) is 20.5. The van der Waals surface area contributed by atoms with Crippen molar-refractivity contribution in [2.75, 3.05) is 7.11 Å². The van der Waals surface area contributed by atoms with Gasteiger partial charge in [-0.3, -0.25) is 4.79 Å². The lowest BCUT2D eigenvalue weighted by atomic mass is 9.89. The van der Waals surface area contributed by atoms with E-state index in [9.17, 15) is 18.0 Å². The number of allylic oxidation sites excluding steroid dienone is 2. The lowest BCUT2D eigenvalue weighted by Crippen LogP contribution is -2.16. The fourth-order valence-corrected chi connectivity index (χ4v) is 5.93. The van der Waals surface area contributed by atoms with Crippen molar-refractivity contribution in [1.29, 1.82) is 0 Å². The fraction of sp³-hybridized carbons (Fsp3) is 0.407. The molecule has 186 valence electrons. The Morgan fingerprint density at radius 3 is 2.54 bits per heavy atom. The first kappa shape index (κ1) is 25.0. The number of fused-ring (bicyclic) bond motifs is 1. The lowest BCUT2D eigenvalue weighted by Gasteiger charge is -2.19. The average Bonchev–Trinajstić information content (AvgIpc) is 3.46. The van der Waals surface area contributed by atoms with Gasteiger partial charge in [-0.15, -0.1) is 0 Å². The number of hydrogen-bond donors (Lipinski definition) is 0. The maximum Gasteiger partial charge on any atom is 0.342 e. The maximum atomic E-state index is 13.2. The van der Waals surface area contributed by atoms with Gasteiger partial charge in [0.2, 0.25) is 0 Å². The largest absolute Gasteiger partial charge is 0.469 e. The highest BCUT2D eigenvalue weighted by Crippen LogP contribution is 2.41. The first-order chi connectivity index (χ1) is 16.7. The molecule has 0 bridgehead atoms. The molecular weight excluding hydrogens is 468 g/mol. The number of hydrogen-bond acceptors (Lipinski definition) is 7. The number of rotatable bonds is 7. The Bertz CT molecular complexity index is 1300. The molecule has 1 atom stereocenters. The molecule has 7 nitrogen and oxygen atoms in total. The molecule has 0 spiro atoms. The average molecular weight is 499 g/mol. The topological polar surface area (TPSA) is 96.0 Å². The number of carbonyl (C=O) groups is 2. The van der Waals surface area contributed by atoms with Crippen molar-refractivity contribution in [1.82, 2.24) is 0 Å². The summed E-state index contributed by atoms with van der Waals surface area (Å²) in [5.41, 5.74) is 5.40. The van der Waals surface area contributed by atoms with Crippen LogP contribution in [0.5, 0.6) is 5.75 Å². The molecule has 4 rings (SSSR count). The highest BCUT2D eigenvalue weighted by atomic mass is 32.2. The van der Waals surface area contributed by atoms with Crippen molar-refractivity contribution >= 4 is 22.1 Å². The Balaban J connectivity index is 1.78. The summed E-state index contributed by atoms with van der Waals surface area (Å²) in [6.45, 7) is 5.88. The molecule has 0 N–H and O–H groups in total. The van der Waals surface area contributed by atoms with E-state index in [2.05, 4.69) is 0 Å². The molecule has 35 heavy (non-hydrogen) atoms. The normalized spacial score (nSPS) is 18.5. The van der Waals surface area contributed by atoms with E-state index in [1.165, 1.54) is 19.2 Å². The molecule has 2 aliphatic rings. The Hall–Kier alpha value is -3.13. The first-order valence-corrected chi connectivity index (χ1v) is 13.2. The zero-order chi connectivity index (χ0) is 25.3. The van der Waals surface area contributed by atoms with Gasteiger partial charge in [0.25, 0.3) is 0 Å². The van der Waals surface area contributed by atoms with Crippen LogP contribution in [0.25, 0.3) is 0 Å². The molecule has 1 saturated carbocycles. The van der Waals surface area contributed by atoms with Crippen LogP contribution in [-0.2, 0) is 43.8 Å². The molecule has 0 amide bonds. The van der Waals surface area contributed by atoms with Gasteiger partial charge < -0.3 is 13.7 Å². The van der Waals surface area contributed by atoms with Gasteiger partial charge in [-0.05, 0) is 69.2 Å². The predicted molar refractivity (Wildman–Crippen MR) is 130 cm³/mol. The highest BCUT2D eigenvalue weighted by molar-refractivity contribution is 7.87. The van der Waals surface area contributed by atoms with Crippen molar-refractivity contribution in [2.24, 2.45) is 5.92 Å². The third-order valence-electron chi connectivity index (χ3n) is 6.93. The van der Waals surface area contributed by atoms with Gasteiger partial charge in [0.05, 0.1) is 13.0 Å². The molecule has 1 unspecified atom stereocenters. The summed E-state index contributed by atoms with van der Waals surface area (Å²) < 4.78 is 42.3. The standard InChI is InChI=1S/C27H30O7S/c1-5-21-17(3)23-15-33-27(29)24(23)25(34-35(30,31)20-11-6-16(2)7-12-20)22(21)13-9-18-8-10-19(14-18)26(28)32-4/h6-7,9,11-12,19H,5,8,10,13-15H2,1-4H3. The Morgan fingerprint density at radius 1 is 1.17 bits per heavy atom. The van der Waals surface area contributed by atoms with Gasteiger partial charge in [-0.1, -0.05) is 36.3 Å². The third-order valence-corrected chi connectivity index (χ3v) is 8.17. The Labute approximate surface area is 206 Å². The van der Waals surface area contributed by atoms with Crippen LogP contribution in [0, 0.1) is 19.8 Å². The molecule has 8 heteroatoms. The summed E-state index contributed by atoms with van der Waals surface area (Å²) in [7, 11) is -2.79. The van der Waals surface area contributed by atoms with E-state index in [-0.39, 0.29) is 34.7 Å². The second-order valence-electron chi connectivity index (χ2n) is 9.07. The van der Waals surface area contributed by atoms with Gasteiger partial charge >= 0.3 is 22.1 Å². The second-order valence-corrected chi connectivity index (χ2v) is 10.6. The smallest absolute Gasteiger partial charge is 0.342 e. The van der Waals surface area contributed by atoms with Crippen LogP contribution in [0.1, 0.15) is 64.4 Å². The summed E-state index contributed by atoms with van der Waals surface area (Å²) in [6, 6.07) is 6.38. The van der Waals surface area contributed by atoms with Gasteiger partial charge in [0, 0.05) is 11.1 Å². The molecule has 1 aliphatic carbocycles. The molecule has 1 heterocycles. The molecule has 1 aliphatic heterocycles. The number of carbonyl (C=O) groups excluding carboxylic acids is 2. The van der Waals surface area contributed by atoms with Gasteiger partial charge in [-0.2, -0.15) is 8.42 Å². The van der Waals surface area contributed by atoms with E-state index in [0.717, 1.165) is 35.1 Å². The minimum absolute atomic E-state index is 0.0165. The van der Waals surface area contributed by atoms with E-state index < -0.39 is 16.1 Å². The van der Waals surface area contributed by atoms with Crippen LogP contribution in [0.15, 0.2) is 40.8 Å². The minimum atomic E-state index is -4.19. The molecular formula is C27H30O7S. The highest BCUT2D eigenvalue weighted by Gasteiger charge is 2.35. The van der Waals surface area contributed by atoms with Crippen molar-refractivity contribution in [3.05, 3.63) is 69.3 Å². The molecule has 0 aromatic heterocycles. The SMILES string of the molecule is CCc1c(C)c2c(c(OS(=O)(=O)c3ccc(C)cc3)c1CC=C1CCC(C(=O)OC)C1)C(=O)OC2. The number of ether oxygens (including phenoxy) is 2. The first-order valence-electron chi connectivity index (χ1n) is 11.8. The van der Waals surface area contributed by atoms with E-state index in [0.29, 0.717) is 30.4 Å². The summed E-state index contributed by atoms with van der Waals surface area (Å²) in [6.07, 6.45) is 5.14. The van der Waals surface area contributed by atoms with Crippen molar-refractivity contribution < 1.29 is 31.7 Å². The summed E-state index contributed by atoms with van der Waals surface area (Å²) >= 11 is 0. The fourth-order valence-electron chi connectivity index (χ4n) is 4.96. The van der Waals surface area contributed by atoms with Gasteiger partial charge in [0.1, 0.15) is 17.1 Å². The van der Waals surface area contributed by atoms with Crippen LogP contribution in [0.2, 0.25) is 0 Å². The number of aryl methyl sites for hydroxylation is 1. The molecule has 2 aromatic carbocycles. The Kier molecular flexibility index (Phi) is 7.03. The molecule has 0 radical (unpaired) electrons. The summed E-state index contributed by atoms with van der Waals surface area (Å²) in [5.74, 6) is -0.913. The van der Waals surface area contributed by atoms with Crippen LogP contribution in [-0.4, -0.2) is 27.5 Å². The molecule has 2 aromatic rings. The lowest BCUT2D eigenvalue weighted by molar-refractivity contribution is -0.145. The van der Waals surface area contributed by atoms with Crippen LogP contribution < -0.4 is 4.18 Å². The van der Waals surface area contributed by atoms with E-state index in [1.54, 1.807) is 12.1 Å². The number of methoxy groups -OCH3 is 1. The van der Waals surface area contributed by atoms with Crippen LogP contribution >= 0.6 is 0 Å². The number of esters is 2. The van der Waals surface area contributed by atoms with Crippen LogP contribution in [0.4, 0.5) is 0 Å². The monoisotopic (exact) mass is 498 g/mol. The van der Waals surface area contributed by atoms with Gasteiger partial charge in [-0.25, -0.2) is 4.79 Å². The quantitative estimate of drug-likeness (QED) is 0.309. The number of cyclic esters (lactones) is 1. The predicted octanol–water partition coefficient (Wildman–Crippen LogP) is 4.75. The van der Waals surface area contributed by atoms with E-state index in [4.69, 9.17) is 13.7 Å². The summed E-state index contributed by atoms with van der Waals surface area (Å²) in [4.78, 5) is 24.6.